The normalized spacial score (nSPS) is 11.3. The van der Waals surface area contributed by atoms with E-state index >= 15 is 0 Å². The fourth-order valence-electron chi connectivity index (χ4n) is 3.35. The third kappa shape index (κ3) is 9.44. The summed E-state index contributed by atoms with van der Waals surface area (Å²) in [5.74, 6) is 0.789. The maximum Gasteiger partial charge on any atom is 0.485 e. The van der Waals surface area contributed by atoms with Crippen molar-refractivity contribution in [2.45, 2.75) is 26.6 Å². The van der Waals surface area contributed by atoms with Gasteiger partial charge < -0.3 is 14.6 Å². The highest BCUT2D eigenvalue weighted by molar-refractivity contribution is 7.97. The molecule has 0 bridgehead atoms. The highest BCUT2D eigenvalue weighted by Gasteiger charge is 2.37. The van der Waals surface area contributed by atoms with Crippen molar-refractivity contribution in [3.63, 3.8) is 0 Å². The number of benzene rings is 4. The molecule has 1 amide bonds. The second-order valence-corrected chi connectivity index (χ2v) is 11.5. The van der Waals surface area contributed by atoms with Crippen LogP contribution in [-0.2, 0) is 21.0 Å². The Morgan fingerprint density at radius 3 is 1.62 bits per heavy atom. The van der Waals surface area contributed by atoms with Gasteiger partial charge in [-0.05, 0) is 67.1 Å². The molecule has 4 rings (SSSR count). The number of nitrogens with one attached hydrogen (secondary N) is 1. The number of halogens is 3. The van der Waals surface area contributed by atoms with Gasteiger partial charge in [-0.2, -0.15) is 13.2 Å². The number of carbonyl (C=O) groups is 1. The van der Waals surface area contributed by atoms with E-state index in [2.05, 4.69) is 66.0 Å². The quantitative estimate of drug-likeness (QED) is 0.111. The summed E-state index contributed by atoms with van der Waals surface area (Å²) in [7, 11) is -6.30. The molecule has 0 radical (unpaired) electrons. The molecule has 0 saturated heterocycles. The van der Waals surface area contributed by atoms with Crippen molar-refractivity contribution in [2.75, 3.05) is 13.2 Å². The van der Waals surface area contributed by atoms with E-state index in [-0.39, 0.29) is 16.8 Å². The fourth-order valence-corrected chi connectivity index (χ4v) is 5.43. The van der Waals surface area contributed by atoms with E-state index in [0.717, 1.165) is 12.2 Å². The average Bonchev–Trinajstić information content (AvgIpc) is 2.94. The Kier molecular flexibility index (Phi) is 11.2. The summed E-state index contributed by atoms with van der Waals surface area (Å²) in [6, 6.07) is 38.7. The first-order chi connectivity index (χ1) is 19.1. The van der Waals surface area contributed by atoms with Crippen LogP contribution in [0, 0.1) is 0 Å². The van der Waals surface area contributed by atoms with Crippen LogP contribution in [0.1, 0.15) is 16.8 Å². The van der Waals surface area contributed by atoms with Gasteiger partial charge >= 0.3 is 5.51 Å². The molecular weight excluding hydrogens is 563 g/mol. The van der Waals surface area contributed by atoms with Crippen molar-refractivity contribution in [3.05, 3.63) is 121 Å². The molecule has 0 saturated carbocycles. The zero-order chi connectivity index (χ0) is 29.0. The number of amides is 1. The standard InChI is InChI=1S/C28H25NO2S.CHF3O3S/c30-28(29-21-10-22-31-24-11-4-1-5-12-24)23-17-19-27(20-18-23)32(25-13-6-2-7-14-25)26-15-8-3-9-16-26;2-1(3,4)8(5,6)7/h1-9,11-20H,10,21-22H2;(H,5,6,7). The molecule has 11 heteroatoms. The summed E-state index contributed by atoms with van der Waals surface area (Å²) >= 11 is 0. The van der Waals surface area contributed by atoms with Crippen LogP contribution >= 0.6 is 0 Å². The maximum absolute atomic E-state index is 12.5. The van der Waals surface area contributed by atoms with Crippen LogP contribution in [0.15, 0.2) is 130 Å². The summed E-state index contributed by atoms with van der Waals surface area (Å²) in [4.78, 5) is 16.3. The van der Waals surface area contributed by atoms with Crippen molar-refractivity contribution in [2.24, 2.45) is 0 Å². The van der Waals surface area contributed by atoms with Gasteiger partial charge in [0.05, 0.1) is 17.5 Å². The number of para-hydroxylation sites is 1. The van der Waals surface area contributed by atoms with Crippen LogP contribution in [0.4, 0.5) is 13.2 Å². The van der Waals surface area contributed by atoms with Crippen LogP contribution in [0.5, 0.6) is 5.75 Å². The van der Waals surface area contributed by atoms with Gasteiger partial charge in [0.2, 0.25) is 0 Å². The third-order valence-electron chi connectivity index (χ3n) is 5.21. The van der Waals surface area contributed by atoms with Gasteiger partial charge in [-0.3, -0.25) is 4.79 Å². The molecule has 0 aliphatic rings. The Morgan fingerprint density at radius 2 is 1.18 bits per heavy atom. The fraction of sp³-hybridized carbons (Fsp3) is 0.138. The van der Waals surface area contributed by atoms with E-state index in [4.69, 9.17) is 17.7 Å². The monoisotopic (exact) mass is 589 g/mol. The number of hydrogen-bond donors (Lipinski definition) is 1. The first kappa shape index (κ1) is 30.7. The van der Waals surface area contributed by atoms with Gasteiger partial charge in [0.15, 0.2) is 24.8 Å². The van der Waals surface area contributed by atoms with Crippen molar-refractivity contribution >= 4 is 26.9 Å². The van der Waals surface area contributed by atoms with Gasteiger partial charge in [-0.15, -0.1) is 0 Å². The summed E-state index contributed by atoms with van der Waals surface area (Å²) < 4.78 is 64.6. The van der Waals surface area contributed by atoms with Crippen LogP contribution < -0.4 is 10.1 Å². The molecule has 0 aliphatic carbocycles. The van der Waals surface area contributed by atoms with Gasteiger partial charge in [0, 0.05) is 12.1 Å². The number of ether oxygens (including phenoxy) is 1. The number of rotatable bonds is 9. The Morgan fingerprint density at radius 1 is 0.750 bits per heavy atom. The molecule has 0 atom stereocenters. The zero-order valence-corrected chi connectivity index (χ0v) is 22.7. The molecule has 4 aromatic carbocycles. The van der Waals surface area contributed by atoms with Gasteiger partial charge in [-0.25, -0.2) is 8.42 Å². The Bertz CT molecular complexity index is 1400. The van der Waals surface area contributed by atoms with Crippen molar-refractivity contribution in [1.82, 2.24) is 5.32 Å². The molecule has 40 heavy (non-hydrogen) atoms. The smallest absolute Gasteiger partial charge is 0.485 e. The molecule has 6 nitrogen and oxygen atoms in total. The first-order valence-electron chi connectivity index (χ1n) is 12.0. The van der Waals surface area contributed by atoms with E-state index < -0.39 is 15.6 Å². The molecule has 210 valence electrons. The molecule has 4 aromatic rings. The van der Waals surface area contributed by atoms with E-state index in [1.165, 1.54) is 14.7 Å². The van der Waals surface area contributed by atoms with Gasteiger partial charge in [-0.1, -0.05) is 54.6 Å². The number of alkyl halides is 3. The lowest BCUT2D eigenvalue weighted by atomic mass is 10.2. The largest absolute Gasteiger partial charge is 0.741 e. The van der Waals surface area contributed by atoms with Gasteiger partial charge in [0.25, 0.3) is 5.91 Å². The molecule has 1 N–H and O–H groups in total. The Labute approximate surface area is 233 Å². The lowest BCUT2D eigenvalue weighted by molar-refractivity contribution is -0.0517. The van der Waals surface area contributed by atoms with Crippen LogP contribution in [0.3, 0.4) is 0 Å². The SMILES string of the molecule is O=C(NCCCOc1ccccc1)c1ccc([S+](c2ccccc2)c2ccccc2)cc1.O=S(=O)([O-])C(F)(F)F. The molecule has 0 unspecified atom stereocenters. The molecular formula is C29H26F3NO5S2. The van der Waals surface area contributed by atoms with Crippen LogP contribution in [0.2, 0.25) is 0 Å². The van der Waals surface area contributed by atoms with E-state index in [9.17, 15) is 18.0 Å². The van der Waals surface area contributed by atoms with E-state index in [1.807, 2.05) is 54.6 Å². The Hall–Kier alpha value is -3.80. The minimum absolute atomic E-state index is 0.0597. The number of hydrogen-bond acceptors (Lipinski definition) is 5. The Balaban J connectivity index is 0.000000482. The maximum atomic E-state index is 12.5. The molecule has 0 aromatic heterocycles. The van der Waals surface area contributed by atoms with Crippen LogP contribution in [-0.4, -0.2) is 37.5 Å². The summed E-state index contributed by atoms with van der Waals surface area (Å²) in [6.45, 7) is 1.14. The van der Waals surface area contributed by atoms with Crippen molar-refractivity contribution < 1.29 is 35.7 Å². The predicted molar refractivity (Wildman–Crippen MR) is 146 cm³/mol. The minimum atomic E-state index is -6.09. The van der Waals surface area contributed by atoms with E-state index in [0.29, 0.717) is 18.7 Å². The zero-order valence-electron chi connectivity index (χ0n) is 21.1. The van der Waals surface area contributed by atoms with Gasteiger partial charge in [0.1, 0.15) is 5.75 Å². The van der Waals surface area contributed by atoms with Crippen molar-refractivity contribution in [1.29, 1.82) is 0 Å². The summed E-state index contributed by atoms with van der Waals surface area (Å²) in [6.07, 6.45) is 0.754. The average molecular weight is 590 g/mol. The second-order valence-electron chi connectivity index (χ2n) is 8.13. The molecule has 0 fully saturated rings. The number of carbonyl (C=O) groups excluding carboxylic acids is 1. The van der Waals surface area contributed by atoms with E-state index in [1.54, 1.807) is 0 Å². The molecule has 0 spiro atoms. The van der Waals surface area contributed by atoms with Crippen LogP contribution in [0.25, 0.3) is 0 Å². The second kappa shape index (κ2) is 14.5. The summed E-state index contributed by atoms with van der Waals surface area (Å²) in [5, 5.41) is 2.98. The highest BCUT2D eigenvalue weighted by atomic mass is 32.2. The topological polar surface area (TPSA) is 95.5 Å². The van der Waals surface area contributed by atoms with Crippen molar-refractivity contribution in [3.8, 4) is 5.75 Å². The molecule has 0 aliphatic heterocycles. The lowest BCUT2D eigenvalue weighted by Crippen LogP contribution is -2.25. The molecule has 0 heterocycles. The third-order valence-corrected chi connectivity index (χ3v) is 8.01. The predicted octanol–water partition coefficient (Wildman–Crippen LogP) is 6.03. The highest BCUT2D eigenvalue weighted by Crippen LogP contribution is 2.31. The summed E-state index contributed by atoms with van der Waals surface area (Å²) in [5.41, 5.74) is -4.98. The minimum Gasteiger partial charge on any atom is -0.741 e. The first-order valence-corrected chi connectivity index (χ1v) is 14.6. The lowest BCUT2D eigenvalue weighted by Gasteiger charge is -2.09.